The number of nitrogens with zero attached hydrogens (tertiary/aromatic N) is 3. The largest absolute Gasteiger partial charge is 0.312 e. The topological polar surface area (TPSA) is 42.7 Å². The predicted octanol–water partition coefficient (Wildman–Crippen LogP) is 3.70. The average molecular weight is 351 g/mol. The van der Waals surface area contributed by atoms with E-state index in [-0.39, 0.29) is 0 Å². The maximum absolute atomic E-state index is 4.61. The van der Waals surface area contributed by atoms with Gasteiger partial charge in [-0.05, 0) is 66.9 Å². The molecule has 0 aliphatic rings. The quantitative estimate of drug-likeness (QED) is 0.893. The van der Waals surface area contributed by atoms with Crippen molar-refractivity contribution in [2.75, 3.05) is 6.54 Å². The summed E-state index contributed by atoms with van der Waals surface area (Å²) in [6.45, 7) is 12.4. The number of halogens is 1. The standard InChI is InChI=1S/C16H23BrN4/c1-10(2)8-18-9-14-6-11(3)19-15(7-14)21-13(5)16(17)12(4)20-21/h6-7,10,18H,8-9H2,1-5H3. The van der Waals surface area contributed by atoms with E-state index >= 15 is 0 Å². The summed E-state index contributed by atoms with van der Waals surface area (Å²) in [4.78, 5) is 4.61. The van der Waals surface area contributed by atoms with Gasteiger partial charge in [-0.25, -0.2) is 9.67 Å². The van der Waals surface area contributed by atoms with Crippen LogP contribution in [0.25, 0.3) is 5.82 Å². The zero-order valence-electron chi connectivity index (χ0n) is 13.4. The van der Waals surface area contributed by atoms with Crippen molar-refractivity contribution in [3.63, 3.8) is 0 Å². The van der Waals surface area contributed by atoms with Crippen LogP contribution in [0.2, 0.25) is 0 Å². The highest BCUT2D eigenvalue weighted by Crippen LogP contribution is 2.22. The average Bonchev–Trinajstić information content (AvgIpc) is 2.65. The minimum absolute atomic E-state index is 0.652. The van der Waals surface area contributed by atoms with E-state index in [4.69, 9.17) is 0 Å². The van der Waals surface area contributed by atoms with Crippen LogP contribution in [0.15, 0.2) is 16.6 Å². The van der Waals surface area contributed by atoms with Crippen LogP contribution in [0.3, 0.4) is 0 Å². The van der Waals surface area contributed by atoms with Gasteiger partial charge in [-0.2, -0.15) is 5.10 Å². The maximum Gasteiger partial charge on any atom is 0.154 e. The molecule has 2 heterocycles. The molecule has 4 nitrogen and oxygen atoms in total. The Morgan fingerprint density at radius 2 is 1.95 bits per heavy atom. The van der Waals surface area contributed by atoms with Gasteiger partial charge in [0.15, 0.2) is 5.82 Å². The van der Waals surface area contributed by atoms with Crippen LogP contribution in [-0.2, 0) is 6.54 Å². The fraction of sp³-hybridized carbons (Fsp3) is 0.500. The van der Waals surface area contributed by atoms with Gasteiger partial charge in [-0.15, -0.1) is 0 Å². The SMILES string of the molecule is Cc1cc(CNCC(C)C)cc(-n2nc(C)c(Br)c2C)n1. The first kappa shape index (κ1) is 16.2. The molecule has 0 unspecified atom stereocenters. The second kappa shape index (κ2) is 6.71. The van der Waals surface area contributed by atoms with Crippen LogP contribution in [0.1, 0.15) is 36.5 Å². The molecule has 0 aromatic carbocycles. The summed E-state index contributed by atoms with van der Waals surface area (Å²) in [5.41, 5.74) is 4.31. The van der Waals surface area contributed by atoms with Crippen LogP contribution in [0.4, 0.5) is 0 Å². The van der Waals surface area contributed by atoms with E-state index in [1.54, 1.807) is 0 Å². The summed E-state index contributed by atoms with van der Waals surface area (Å²) in [5.74, 6) is 1.53. The Hall–Kier alpha value is -1.20. The number of nitrogens with one attached hydrogen (secondary N) is 1. The minimum atomic E-state index is 0.652. The maximum atomic E-state index is 4.61. The Kier molecular flexibility index (Phi) is 5.17. The summed E-state index contributed by atoms with van der Waals surface area (Å²) >= 11 is 3.57. The molecule has 1 N–H and O–H groups in total. The van der Waals surface area contributed by atoms with Crippen LogP contribution >= 0.6 is 15.9 Å². The first-order valence-corrected chi connectivity index (χ1v) is 8.08. The second-order valence-electron chi connectivity index (χ2n) is 5.90. The normalized spacial score (nSPS) is 11.4. The van der Waals surface area contributed by atoms with Crippen molar-refractivity contribution in [1.82, 2.24) is 20.1 Å². The van der Waals surface area contributed by atoms with Gasteiger partial charge in [0.25, 0.3) is 0 Å². The Balaban J connectivity index is 2.28. The predicted molar refractivity (Wildman–Crippen MR) is 89.8 cm³/mol. The molecule has 0 saturated carbocycles. The molecule has 0 aliphatic heterocycles. The summed E-state index contributed by atoms with van der Waals surface area (Å²) in [6, 6.07) is 4.23. The lowest BCUT2D eigenvalue weighted by Crippen LogP contribution is -2.19. The third-order valence-electron chi connectivity index (χ3n) is 3.30. The summed E-state index contributed by atoms with van der Waals surface area (Å²) in [7, 11) is 0. The van der Waals surface area contributed by atoms with Crippen LogP contribution < -0.4 is 5.32 Å². The lowest BCUT2D eigenvalue weighted by molar-refractivity contribution is 0.552. The number of pyridine rings is 1. The molecule has 114 valence electrons. The molecule has 0 spiro atoms. The van der Waals surface area contributed by atoms with Crippen molar-refractivity contribution in [1.29, 1.82) is 0 Å². The lowest BCUT2D eigenvalue weighted by atomic mass is 10.2. The van der Waals surface area contributed by atoms with Crippen LogP contribution in [-0.4, -0.2) is 21.3 Å². The van der Waals surface area contributed by atoms with Crippen molar-refractivity contribution in [3.05, 3.63) is 39.3 Å². The highest BCUT2D eigenvalue weighted by molar-refractivity contribution is 9.10. The number of hydrogen-bond donors (Lipinski definition) is 1. The van der Waals surface area contributed by atoms with E-state index in [1.165, 1.54) is 5.56 Å². The smallest absolute Gasteiger partial charge is 0.154 e. The van der Waals surface area contributed by atoms with Gasteiger partial charge in [0.05, 0.1) is 15.9 Å². The van der Waals surface area contributed by atoms with E-state index in [2.05, 4.69) is 57.3 Å². The molecule has 0 atom stereocenters. The van der Waals surface area contributed by atoms with Crippen molar-refractivity contribution < 1.29 is 0 Å². The number of aryl methyl sites for hydroxylation is 2. The third kappa shape index (κ3) is 3.92. The second-order valence-corrected chi connectivity index (χ2v) is 6.69. The lowest BCUT2D eigenvalue weighted by Gasteiger charge is -2.10. The first-order chi connectivity index (χ1) is 9.88. The number of aromatic nitrogens is 3. The third-order valence-corrected chi connectivity index (χ3v) is 4.45. The zero-order chi connectivity index (χ0) is 15.6. The molecule has 0 aliphatic carbocycles. The van der Waals surface area contributed by atoms with E-state index in [1.807, 2.05) is 25.5 Å². The molecular formula is C16H23BrN4. The number of hydrogen-bond acceptors (Lipinski definition) is 3. The Bertz CT molecular complexity index is 631. The van der Waals surface area contributed by atoms with Crippen molar-refractivity contribution in [2.24, 2.45) is 5.92 Å². The number of rotatable bonds is 5. The molecule has 21 heavy (non-hydrogen) atoms. The van der Waals surface area contributed by atoms with Crippen molar-refractivity contribution in [2.45, 2.75) is 41.2 Å². The molecule has 2 aromatic heterocycles. The van der Waals surface area contributed by atoms with E-state index in [0.717, 1.165) is 40.5 Å². The zero-order valence-corrected chi connectivity index (χ0v) is 15.0. The first-order valence-electron chi connectivity index (χ1n) is 7.29. The minimum Gasteiger partial charge on any atom is -0.312 e. The van der Waals surface area contributed by atoms with Crippen LogP contribution in [0, 0.1) is 26.7 Å². The van der Waals surface area contributed by atoms with E-state index in [9.17, 15) is 0 Å². The summed E-state index contributed by atoms with van der Waals surface area (Å²) in [6.07, 6.45) is 0. The van der Waals surface area contributed by atoms with Gasteiger partial charge in [-0.1, -0.05) is 13.8 Å². The molecular weight excluding hydrogens is 328 g/mol. The van der Waals surface area contributed by atoms with Crippen molar-refractivity contribution in [3.8, 4) is 5.82 Å². The van der Waals surface area contributed by atoms with Gasteiger partial charge >= 0.3 is 0 Å². The molecule has 2 rings (SSSR count). The highest BCUT2D eigenvalue weighted by atomic mass is 79.9. The molecule has 0 saturated heterocycles. The van der Waals surface area contributed by atoms with Gasteiger partial charge in [0.1, 0.15) is 0 Å². The molecule has 0 fully saturated rings. The highest BCUT2D eigenvalue weighted by Gasteiger charge is 2.12. The Morgan fingerprint density at radius 3 is 2.52 bits per heavy atom. The van der Waals surface area contributed by atoms with Gasteiger partial charge in [-0.3, -0.25) is 0 Å². The van der Waals surface area contributed by atoms with Crippen LogP contribution in [0.5, 0.6) is 0 Å². The van der Waals surface area contributed by atoms with Gasteiger partial charge in [0.2, 0.25) is 0 Å². The fourth-order valence-electron chi connectivity index (χ4n) is 2.28. The molecule has 5 heteroatoms. The summed E-state index contributed by atoms with van der Waals surface area (Å²) in [5, 5.41) is 8.03. The molecule has 0 radical (unpaired) electrons. The summed E-state index contributed by atoms with van der Waals surface area (Å²) < 4.78 is 2.95. The van der Waals surface area contributed by atoms with E-state index < -0.39 is 0 Å². The molecule has 0 bridgehead atoms. The molecule has 0 amide bonds. The Morgan fingerprint density at radius 1 is 1.24 bits per heavy atom. The molecule has 2 aromatic rings. The van der Waals surface area contributed by atoms with Gasteiger partial charge in [0, 0.05) is 12.2 Å². The Labute approximate surface area is 135 Å². The monoisotopic (exact) mass is 350 g/mol. The van der Waals surface area contributed by atoms with Crippen molar-refractivity contribution >= 4 is 15.9 Å². The van der Waals surface area contributed by atoms with E-state index in [0.29, 0.717) is 5.92 Å². The van der Waals surface area contributed by atoms with Gasteiger partial charge < -0.3 is 5.32 Å². The fourth-order valence-corrected chi connectivity index (χ4v) is 2.53.